The number of nitrogens with one attached hydrogen (secondary N) is 2. The lowest BCUT2D eigenvalue weighted by molar-refractivity contribution is 0.247. The predicted molar refractivity (Wildman–Crippen MR) is 92.8 cm³/mol. The Bertz CT molecular complexity index is 664. The van der Waals surface area contributed by atoms with Crippen molar-refractivity contribution in [3.05, 3.63) is 57.5 Å². The molecule has 0 radical (unpaired) electrons. The number of halogens is 2. The summed E-state index contributed by atoms with van der Waals surface area (Å²) in [7, 11) is 0. The molecule has 0 bridgehead atoms. The zero-order chi connectivity index (χ0) is 15.9. The Morgan fingerprint density at radius 2 is 2.09 bits per heavy atom. The Morgan fingerprint density at radius 1 is 1.27 bits per heavy atom. The fourth-order valence-electron chi connectivity index (χ4n) is 1.82. The summed E-state index contributed by atoms with van der Waals surface area (Å²) in [5, 5.41) is 6.16. The zero-order valence-electron chi connectivity index (χ0n) is 12.0. The van der Waals surface area contributed by atoms with Crippen LogP contribution in [0.3, 0.4) is 0 Å². The maximum absolute atomic E-state index is 11.8. The molecule has 0 aliphatic carbocycles. The molecule has 2 amide bonds. The van der Waals surface area contributed by atoms with E-state index in [4.69, 9.17) is 16.3 Å². The first-order chi connectivity index (χ1) is 10.5. The van der Waals surface area contributed by atoms with Crippen molar-refractivity contribution in [3.8, 4) is 5.75 Å². The molecular formula is C16H16BrClN2O2. The van der Waals surface area contributed by atoms with Gasteiger partial charge in [-0.05, 0) is 48.9 Å². The van der Waals surface area contributed by atoms with Crippen LogP contribution in [0.4, 0.5) is 10.5 Å². The highest BCUT2D eigenvalue weighted by atomic mass is 79.9. The van der Waals surface area contributed by atoms with Gasteiger partial charge < -0.3 is 15.4 Å². The van der Waals surface area contributed by atoms with Crippen LogP contribution in [0.1, 0.15) is 5.56 Å². The van der Waals surface area contributed by atoms with E-state index in [0.29, 0.717) is 23.9 Å². The quantitative estimate of drug-likeness (QED) is 0.741. The molecule has 0 atom stereocenters. The average Bonchev–Trinajstić information content (AvgIpc) is 2.47. The normalized spacial score (nSPS) is 10.1. The Hall–Kier alpha value is -1.72. The number of ether oxygens (including phenoxy) is 1. The van der Waals surface area contributed by atoms with Crippen molar-refractivity contribution < 1.29 is 9.53 Å². The molecule has 2 N–H and O–H groups in total. The van der Waals surface area contributed by atoms with Crippen LogP contribution in [-0.2, 0) is 0 Å². The van der Waals surface area contributed by atoms with Crippen molar-refractivity contribution in [2.24, 2.45) is 0 Å². The van der Waals surface area contributed by atoms with Gasteiger partial charge in [-0.1, -0.05) is 33.6 Å². The van der Waals surface area contributed by atoms with Gasteiger partial charge in [0.05, 0.1) is 6.54 Å². The Labute approximate surface area is 142 Å². The Morgan fingerprint density at radius 3 is 2.82 bits per heavy atom. The van der Waals surface area contributed by atoms with Crippen LogP contribution in [-0.4, -0.2) is 19.2 Å². The van der Waals surface area contributed by atoms with E-state index < -0.39 is 0 Å². The molecule has 116 valence electrons. The maximum Gasteiger partial charge on any atom is 0.319 e. The van der Waals surface area contributed by atoms with Gasteiger partial charge >= 0.3 is 6.03 Å². The summed E-state index contributed by atoms with van der Waals surface area (Å²) in [4.78, 5) is 11.8. The summed E-state index contributed by atoms with van der Waals surface area (Å²) in [5.74, 6) is 0.679. The van der Waals surface area contributed by atoms with Crippen molar-refractivity contribution in [2.75, 3.05) is 18.5 Å². The van der Waals surface area contributed by atoms with Crippen LogP contribution < -0.4 is 15.4 Å². The summed E-state index contributed by atoms with van der Waals surface area (Å²) < 4.78 is 6.47. The molecular weight excluding hydrogens is 368 g/mol. The van der Waals surface area contributed by atoms with Crippen LogP contribution in [0.2, 0.25) is 5.02 Å². The lowest BCUT2D eigenvalue weighted by Crippen LogP contribution is -2.32. The highest BCUT2D eigenvalue weighted by Crippen LogP contribution is 2.20. The number of urea groups is 1. The molecule has 0 heterocycles. The molecule has 22 heavy (non-hydrogen) atoms. The molecule has 0 spiro atoms. The number of rotatable bonds is 5. The largest absolute Gasteiger partial charge is 0.492 e. The second-order valence-corrected chi connectivity index (χ2v) is 6.00. The third-order valence-electron chi connectivity index (χ3n) is 2.89. The van der Waals surface area contributed by atoms with E-state index in [-0.39, 0.29) is 6.03 Å². The van der Waals surface area contributed by atoms with Crippen molar-refractivity contribution in [3.63, 3.8) is 0 Å². The zero-order valence-corrected chi connectivity index (χ0v) is 14.4. The summed E-state index contributed by atoms with van der Waals surface area (Å²) in [6.07, 6.45) is 0. The standard InChI is InChI=1S/C16H16BrClN2O2/c1-11-9-12(17)5-6-15(11)20-16(21)19-7-8-22-14-4-2-3-13(18)10-14/h2-6,9-10H,7-8H2,1H3,(H2,19,20,21). The van der Waals surface area contributed by atoms with Crippen LogP contribution in [0.25, 0.3) is 0 Å². The number of anilines is 1. The summed E-state index contributed by atoms with van der Waals surface area (Å²) in [6.45, 7) is 2.70. The topological polar surface area (TPSA) is 50.4 Å². The molecule has 6 heteroatoms. The molecule has 2 aromatic carbocycles. The number of hydrogen-bond donors (Lipinski definition) is 2. The van der Waals surface area contributed by atoms with E-state index in [9.17, 15) is 4.79 Å². The fourth-order valence-corrected chi connectivity index (χ4v) is 2.48. The van der Waals surface area contributed by atoms with Gasteiger partial charge in [0.25, 0.3) is 0 Å². The number of aryl methyl sites for hydroxylation is 1. The summed E-state index contributed by atoms with van der Waals surface area (Å²) in [6, 6.07) is 12.5. The van der Waals surface area contributed by atoms with Gasteiger partial charge in [0.15, 0.2) is 0 Å². The maximum atomic E-state index is 11.8. The molecule has 0 saturated carbocycles. The SMILES string of the molecule is Cc1cc(Br)ccc1NC(=O)NCCOc1cccc(Cl)c1. The van der Waals surface area contributed by atoms with Crippen molar-refractivity contribution in [2.45, 2.75) is 6.92 Å². The van der Waals surface area contributed by atoms with Gasteiger partial charge in [-0.3, -0.25) is 0 Å². The molecule has 0 aliphatic heterocycles. The van der Waals surface area contributed by atoms with E-state index in [0.717, 1.165) is 15.7 Å². The Balaban J connectivity index is 1.74. The van der Waals surface area contributed by atoms with E-state index in [1.54, 1.807) is 12.1 Å². The van der Waals surface area contributed by atoms with Gasteiger partial charge in [0.1, 0.15) is 12.4 Å². The molecule has 0 aromatic heterocycles. The molecule has 2 aromatic rings. The third-order valence-corrected chi connectivity index (χ3v) is 3.62. The van der Waals surface area contributed by atoms with Crippen molar-refractivity contribution in [1.82, 2.24) is 5.32 Å². The molecule has 0 aliphatic rings. The van der Waals surface area contributed by atoms with E-state index >= 15 is 0 Å². The molecule has 0 unspecified atom stereocenters. The summed E-state index contributed by atoms with van der Waals surface area (Å²) >= 11 is 9.25. The van der Waals surface area contributed by atoms with E-state index in [1.807, 2.05) is 37.3 Å². The van der Waals surface area contributed by atoms with Crippen molar-refractivity contribution >= 4 is 39.2 Å². The minimum Gasteiger partial charge on any atom is -0.492 e. The average molecular weight is 384 g/mol. The van der Waals surface area contributed by atoms with Gasteiger partial charge in [0.2, 0.25) is 0 Å². The fraction of sp³-hybridized carbons (Fsp3) is 0.188. The monoisotopic (exact) mass is 382 g/mol. The minimum absolute atomic E-state index is 0.264. The van der Waals surface area contributed by atoms with Gasteiger partial charge in [0, 0.05) is 15.2 Å². The highest BCUT2D eigenvalue weighted by Gasteiger charge is 2.04. The second-order valence-electron chi connectivity index (χ2n) is 4.65. The van der Waals surface area contributed by atoms with Crippen molar-refractivity contribution in [1.29, 1.82) is 0 Å². The van der Waals surface area contributed by atoms with Gasteiger partial charge in [-0.2, -0.15) is 0 Å². The van der Waals surface area contributed by atoms with Gasteiger partial charge in [-0.25, -0.2) is 4.79 Å². The van der Waals surface area contributed by atoms with E-state index in [2.05, 4.69) is 26.6 Å². The first kappa shape index (κ1) is 16.6. The highest BCUT2D eigenvalue weighted by molar-refractivity contribution is 9.10. The third kappa shape index (κ3) is 5.24. The first-order valence-electron chi connectivity index (χ1n) is 6.74. The lowest BCUT2D eigenvalue weighted by atomic mass is 10.2. The minimum atomic E-state index is -0.264. The predicted octanol–water partition coefficient (Wildman–Crippen LogP) is 4.61. The molecule has 4 nitrogen and oxygen atoms in total. The van der Waals surface area contributed by atoms with E-state index in [1.165, 1.54) is 0 Å². The molecule has 0 saturated heterocycles. The molecule has 2 rings (SSSR count). The number of carbonyl (C=O) groups is 1. The second kappa shape index (κ2) is 8.06. The summed E-state index contributed by atoms with van der Waals surface area (Å²) in [5.41, 5.74) is 1.76. The number of hydrogen-bond acceptors (Lipinski definition) is 2. The number of benzene rings is 2. The van der Waals surface area contributed by atoms with Gasteiger partial charge in [-0.15, -0.1) is 0 Å². The first-order valence-corrected chi connectivity index (χ1v) is 7.91. The van der Waals surface area contributed by atoms with Crippen LogP contribution in [0.5, 0.6) is 5.75 Å². The number of carbonyl (C=O) groups excluding carboxylic acids is 1. The van der Waals surface area contributed by atoms with Crippen LogP contribution in [0, 0.1) is 6.92 Å². The number of amides is 2. The Kier molecular flexibility index (Phi) is 6.10. The molecule has 0 fully saturated rings. The van der Waals surface area contributed by atoms with Crippen LogP contribution in [0.15, 0.2) is 46.9 Å². The lowest BCUT2D eigenvalue weighted by Gasteiger charge is -2.11. The van der Waals surface area contributed by atoms with Crippen LogP contribution >= 0.6 is 27.5 Å². The smallest absolute Gasteiger partial charge is 0.319 e.